The lowest BCUT2D eigenvalue weighted by Crippen LogP contribution is -2.15. The van der Waals surface area contributed by atoms with E-state index in [1.54, 1.807) is 10.9 Å². The molecule has 7 heteroatoms. The van der Waals surface area contributed by atoms with Crippen LogP contribution in [0.4, 0.5) is 17.5 Å². The first-order valence-corrected chi connectivity index (χ1v) is 8.11. The number of hydrazine groups is 1. The Labute approximate surface area is 150 Å². The van der Waals surface area contributed by atoms with Gasteiger partial charge in [0.25, 0.3) is 0 Å². The number of hydrogen-bond donors (Lipinski definition) is 3. The summed E-state index contributed by atoms with van der Waals surface area (Å²) in [6.45, 7) is 0. The Morgan fingerprint density at radius 1 is 0.846 bits per heavy atom. The van der Waals surface area contributed by atoms with Gasteiger partial charge >= 0.3 is 0 Å². The number of anilines is 3. The van der Waals surface area contributed by atoms with Crippen LogP contribution in [0.3, 0.4) is 0 Å². The van der Waals surface area contributed by atoms with Crippen molar-refractivity contribution in [2.75, 3.05) is 10.7 Å². The molecule has 4 rings (SSSR count). The van der Waals surface area contributed by atoms with Gasteiger partial charge in [0.2, 0.25) is 5.95 Å². The standard InChI is InChI=1S/C19H17N7/c20-25-17-16(14-8-3-1-4-9-14)18(26-13-7-12-21-26)24-19(23-17)22-15-10-5-2-6-11-15/h1-13H,20H2,(H2,22,23,24,25). The third-order valence-corrected chi connectivity index (χ3v) is 3.84. The monoisotopic (exact) mass is 343 g/mol. The molecule has 0 aliphatic carbocycles. The van der Waals surface area contributed by atoms with Crippen LogP contribution in [0.15, 0.2) is 79.1 Å². The summed E-state index contributed by atoms with van der Waals surface area (Å²) in [6, 6.07) is 21.4. The SMILES string of the molecule is NNc1nc(Nc2ccccc2)nc(-n2cccn2)c1-c1ccccc1. The van der Waals surface area contributed by atoms with E-state index in [2.05, 4.69) is 25.8 Å². The quantitative estimate of drug-likeness (QED) is 0.380. The summed E-state index contributed by atoms with van der Waals surface area (Å²) in [4.78, 5) is 9.21. The maximum atomic E-state index is 5.77. The highest BCUT2D eigenvalue weighted by atomic mass is 15.3. The van der Waals surface area contributed by atoms with E-state index >= 15 is 0 Å². The van der Waals surface area contributed by atoms with Crippen LogP contribution >= 0.6 is 0 Å². The van der Waals surface area contributed by atoms with Gasteiger partial charge in [-0.05, 0) is 23.8 Å². The highest BCUT2D eigenvalue weighted by Gasteiger charge is 2.17. The van der Waals surface area contributed by atoms with Gasteiger partial charge in [-0.1, -0.05) is 48.5 Å². The molecule has 2 aromatic heterocycles. The molecule has 0 saturated heterocycles. The van der Waals surface area contributed by atoms with Crippen molar-refractivity contribution >= 4 is 17.5 Å². The average molecular weight is 343 g/mol. The molecule has 7 nitrogen and oxygen atoms in total. The first kappa shape index (κ1) is 15.8. The molecule has 128 valence electrons. The molecule has 0 aliphatic rings. The zero-order valence-corrected chi connectivity index (χ0v) is 13.9. The second-order valence-electron chi connectivity index (χ2n) is 5.55. The van der Waals surface area contributed by atoms with E-state index in [1.807, 2.05) is 72.9 Å². The van der Waals surface area contributed by atoms with E-state index in [-0.39, 0.29) is 0 Å². The topological polar surface area (TPSA) is 93.7 Å². The van der Waals surface area contributed by atoms with Crippen molar-refractivity contribution in [3.05, 3.63) is 79.1 Å². The lowest BCUT2D eigenvalue weighted by Gasteiger charge is -2.15. The fourth-order valence-corrected chi connectivity index (χ4v) is 2.69. The van der Waals surface area contributed by atoms with Gasteiger partial charge in [0, 0.05) is 18.1 Å². The largest absolute Gasteiger partial charge is 0.324 e. The summed E-state index contributed by atoms with van der Waals surface area (Å²) < 4.78 is 1.70. The summed E-state index contributed by atoms with van der Waals surface area (Å²) in [5, 5.41) is 7.53. The van der Waals surface area contributed by atoms with E-state index in [4.69, 9.17) is 5.84 Å². The van der Waals surface area contributed by atoms with Crippen LogP contribution in [0.2, 0.25) is 0 Å². The Kier molecular flexibility index (Phi) is 4.28. The van der Waals surface area contributed by atoms with Gasteiger partial charge in [0.05, 0.1) is 5.56 Å². The molecule has 0 atom stereocenters. The third kappa shape index (κ3) is 3.11. The number of nitrogens with two attached hydrogens (primary N) is 1. The van der Waals surface area contributed by atoms with Gasteiger partial charge < -0.3 is 10.7 Å². The summed E-state index contributed by atoms with van der Waals surface area (Å²) in [5.74, 6) is 7.34. The van der Waals surface area contributed by atoms with Crippen LogP contribution < -0.4 is 16.6 Å². The maximum Gasteiger partial charge on any atom is 0.231 e. The molecule has 0 spiro atoms. The molecule has 0 amide bonds. The van der Waals surface area contributed by atoms with Gasteiger partial charge in [0.1, 0.15) is 0 Å². The van der Waals surface area contributed by atoms with Crippen LogP contribution in [0, 0.1) is 0 Å². The van der Waals surface area contributed by atoms with Crippen LogP contribution in [-0.4, -0.2) is 19.7 Å². The van der Waals surface area contributed by atoms with Gasteiger partial charge in [-0.15, -0.1) is 0 Å². The minimum atomic E-state index is 0.425. The van der Waals surface area contributed by atoms with Gasteiger partial charge in [-0.3, -0.25) is 0 Å². The molecule has 0 bridgehead atoms. The molecule has 0 saturated carbocycles. The van der Waals surface area contributed by atoms with Gasteiger partial charge in [0.15, 0.2) is 11.6 Å². The van der Waals surface area contributed by atoms with Crippen molar-refractivity contribution in [2.24, 2.45) is 5.84 Å². The number of hydrogen-bond acceptors (Lipinski definition) is 6. The Morgan fingerprint density at radius 2 is 1.58 bits per heavy atom. The number of rotatable bonds is 5. The van der Waals surface area contributed by atoms with E-state index < -0.39 is 0 Å². The number of benzene rings is 2. The molecule has 4 N–H and O–H groups in total. The maximum absolute atomic E-state index is 5.77. The minimum absolute atomic E-state index is 0.425. The first-order chi connectivity index (χ1) is 12.8. The molecule has 2 aromatic carbocycles. The molecular formula is C19H17N7. The third-order valence-electron chi connectivity index (χ3n) is 3.84. The second-order valence-corrected chi connectivity index (χ2v) is 5.55. The summed E-state index contributed by atoms with van der Waals surface area (Å²) >= 11 is 0. The normalized spacial score (nSPS) is 10.5. The van der Waals surface area contributed by atoms with Crippen molar-refractivity contribution in [3.8, 4) is 16.9 Å². The smallest absolute Gasteiger partial charge is 0.231 e. The first-order valence-electron chi connectivity index (χ1n) is 8.11. The number of aromatic nitrogens is 4. The van der Waals surface area contributed by atoms with Crippen molar-refractivity contribution in [1.29, 1.82) is 0 Å². The van der Waals surface area contributed by atoms with Crippen LogP contribution in [0.25, 0.3) is 16.9 Å². The summed E-state index contributed by atoms with van der Waals surface area (Å²) in [7, 11) is 0. The van der Waals surface area contributed by atoms with E-state index in [9.17, 15) is 0 Å². The number of para-hydroxylation sites is 1. The number of nitrogen functional groups attached to an aromatic ring is 1. The van der Waals surface area contributed by atoms with Gasteiger partial charge in [-0.25, -0.2) is 10.5 Å². The number of nitrogens with zero attached hydrogens (tertiary/aromatic N) is 4. The van der Waals surface area contributed by atoms with Crippen molar-refractivity contribution in [2.45, 2.75) is 0 Å². The highest BCUT2D eigenvalue weighted by molar-refractivity contribution is 5.82. The average Bonchev–Trinajstić information content (AvgIpc) is 3.23. The van der Waals surface area contributed by atoms with E-state index in [0.29, 0.717) is 17.6 Å². The molecular weight excluding hydrogens is 326 g/mol. The summed E-state index contributed by atoms with van der Waals surface area (Å²) in [6.07, 6.45) is 3.54. The van der Waals surface area contributed by atoms with Gasteiger partial charge in [-0.2, -0.15) is 15.1 Å². The molecule has 26 heavy (non-hydrogen) atoms. The lowest BCUT2D eigenvalue weighted by molar-refractivity contribution is 0.844. The predicted molar refractivity (Wildman–Crippen MR) is 102 cm³/mol. The fraction of sp³-hybridized carbons (Fsp3) is 0. The zero-order valence-electron chi connectivity index (χ0n) is 13.9. The Hall–Kier alpha value is -3.71. The Balaban J connectivity index is 1.88. The molecule has 4 aromatic rings. The van der Waals surface area contributed by atoms with E-state index in [1.165, 1.54) is 0 Å². The van der Waals surface area contributed by atoms with Crippen molar-refractivity contribution in [3.63, 3.8) is 0 Å². The molecule has 2 heterocycles. The second kappa shape index (κ2) is 7.04. The minimum Gasteiger partial charge on any atom is -0.324 e. The molecule has 0 unspecified atom stereocenters. The van der Waals surface area contributed by atoms with Crippen molar-refractivity contribution in [1.82, 2.24) is 19.7 Å². The molecule has 0 aliphatic heterocycles. The Bertz CT molecular complexity index is 983. The summed E-state index contributed by atoms with van der Waals surface area (Å²) in [5.41, 5.74) is 5.29. The van der Waals surface area contributed by atoms with E-state index in [0.717, 1.165) is 16.8 Å². The Morgan fingerprint density at radius 3 is 2.23 bits per heavy atom. The molecule has 0 radical (unpaired) electrons. The number of nitrogens with one attached hydrogen (secondary N) is 2. The van der Waals surface area contributed by atoms with Crippen molar-refractivity contribution < 1.29 is 0 Å². The highest BCUT2D eigenvalue weighted by Crippen LogP contribution is 2.32. The fourth-order valence-electron chi connectivity index (χ4n) is 2.69. The lowest BCUT2D eigenvalue weighted by atomic mass is 10.1. The van der Waals surface area contributed by atoms with Crippen LogP contribution in [0.5, 0.6) is 0 Å². The van der Waals surface area contributed by atoms with Crippen LogP contribution in [0.1, 0.15) is 0 Å². The predicted octanol–water partition coefficient (Wildman–Crippen LogP) is 3.36. The zero-order chi connectivity index (χ0) is 17.8. The van der Waals surface area contributed by atoms with Crippen LogP contribution in [-0.2, 0) is 0 Å². The molecule has 0 fully saturated rings.